The third-order valence-electron chi connectivity index (χ3n) is 3.60. The van der Waals surface area contributed by atoms with Gasteiger partial charge < -0.3 is 20.1 Å². The van der Waals surface area contributed by atoms with E-state index in [9.17, 15) is 20.1 Å². The first-order chi connectivity index (χ1) is 12.6. The fourth-order valence-corrected chi connectivity index (χ4v) is 2.16. The molecule has 0 aliphatic heterocycles. The smallest absolute Gasteiger partial charge is 0.0758 e. The molecule has 0 heterocycles. The minimum Gasteiger partial charge on any atom is -0.550 e. The second-order valence-corrected chi connectivity index (χ2v) is 6.08. The van der Waals surface area contributed by atoms with Crippen LogP contribution in [0.25, 0.3) is 0 Å². The van der Waals surface area contributed by atoms with Crippen LogP contribution >= 0.6 is 0 Å². The number of aliphatic hydroxyl groups is 2. The van der Waals surface area contributed by atoms with Crippen molar-refractivity contribution in [2.75, 3.05) is 0 Å². The third-order valence-corrected chi connectivity index (χ3v) is 3.60. The van der Waals surface area contributed by atoms with Gasteiger partial charge in [-0.3, -0.25) is 0 Å². The van der Waals surface area contributed by atoms with E-state index >= 15 is 0 Å². The predicted molar refractivity (Wildman–Crippen MR) is 105 cm³/mol. The van der Waals surface area contributed by atoms with Gasteiger partial charge >= 0.3 is 0 Å². The Morgan fingerprint density at radius 1 is 0.885 bits per heavy atom. The summed E-state index contributed by atoms with van der Waals surface area (Å²) in [5, 5.41) is 29.8. The van der Waals surface area contributed by atoms with Gasteiger partial charge in [-0.1, -0.05) is 80.5 Å². The Morgan fingerprint density at radius 3 is 2.19 bits per heavy atom. The molecule has 0 aliphatic carbocycles. The number of unbranched alkanes of at least 4 members (excludes halogenated alkanes) is 2. The van der Waals surface area contributed by atoms with Crippen LogP contribution in [0.3, 0.4) is 0 Å². The molecule has 0 amide bonds. The van der Waals surface area contributed by atoms with E-state index in [0.29, 0.717) is 19.3 Å². The van der Waals surface area contributed by atoms with Crippen molar-refractivity contribution < 1.29 is 20.1 Å². The van der Waals surface area contributed by atoms with E-state index < -0.39 is 18.2 Å². The van der Waals surface area contributed by atoms with Crippen molar-refractivity contribution in [1.82, 2.24) is 0 Å². The number of aliphatic carboxylic acids is 1. The summed E-state index contributed by atoms with van der Waals surface area (Å²) in [7, 11) is 0. The van der Waals surface area contributed by atoms with Crippen molar-refractivity contribution in [2.45, 2.75) is 70.5 Å². The maximum Gasteiger partial charge on any atom is 0.0758 e. The number of hydrogen-bond donors (Lipinski definition) is 2. The van der Waals surface area contributed by atoms with E-state index in [1.165, 1.54) is 0 Å². The van der Waals surface area contributed by atoms with E-state index in [1.54, 1.807) is 36.5 Å². The van der Waals surface area contributed by atoms with Crippen molar-refractivity contribution in [1.29, 1.82) is 0 Å². The Hall–Kier alpha value is -1.91. The summed E-state index contributed by atoms with van der Waals surface area (Å²) in [5.41, 5.74) is 0. The third kappa shape index (κ3) is 18.4. The largest absolute Gasteiger partial charge is 0.550 e. The minimum atomic E-state index is -1.02. The van der Waals surface area contributed by atoms with Crippen molar-refractivity contribution >= 4 is 5.97 Å². The number of carbonyl (C=O) groups is 1. The lowest BCUT2D eigenvalue weighted by atomic mass is 10.1. The highest BCUT2D eigenvalue weighted by atomic mass is 16.4. The van der Waals surface area contributed by atoms with Gasteiger partial charge in [-0.05, 0) is 38.5 Å². The Kier molecular flexibility index (Phi) is 16.6. The standard InChI is InChI=1S/C22H34O4/c1-2-3-4-5-6-10-15-20(23)16-11-7-8-12-17-21(24)18-13-9-14-19-22(25)26/h3-4,6-8,10-12,16-17,20-21,23-24H,2,5,9,13-15,18-19H2,1H3,(H,25,26)/p-1/b4-3-,8-7+,10-6-,16-11-,17-12+/t20-,21-/m0/s1. The molecule has 0 bridgehead atoms. The quantitative estimate of drug-likeness (QED) is 0.266. The fraction of sp³-hybridized carbons (Fsp3) is 0.500. The van der Waals surface area contributed by atoms with Gasteiger partial charge in [0, 0.05) is 5.97 Å². The number of carboxylic acids is 1. The Balaban J connectivity index is 3.81. The van der Waals surface area contributed by atoms with Crippen molar-refractivity contribution in [3.63, 3.8) is 0 Å². The second-order valence-electron chi connectivity index (χ2n) is 6.08. The summed E-state index contributed by atoms with van der Waals surface area (Å²) in [6.07, 6.45) is 23.2. The van der Waals surface area contributed by atoms with Crippen LogP contribution in [0.2, 0.25) is 0 Å². The molecule has 0 spiro atoms. The van der Waals surface area contributed by atoms with Gasteiger partial charge in [-0.25, -0.2) is 0 Å². The summed E-state index contributed by atoms with van der Waals surface area (Å²) < 4.78 is 0. The van der Waals surface area contributed by atoms with Crippen LogP contribution in [-0.4, -0.2) is 28.4 Å². The topological polar surface area (TPSA) is 80.6 Å². The highest BCUT2D eigenvalue weighted by Gasteiger charge is 1.98. The van der Waals surface area contributed by atoms with Crippen LogP contribution in [0.4, 0.5) is 0 Å². The molecule has 4 nitrogen and oxygen atoms in total. The van der Waals surface area contributed by atoms with Crippen LogP contribution < -0.4 is 5.11 Å². The highest BCUT2D eigenvalue weighted by Crippen LogP contribution is 2.06. The van der Waals surface area contributed by atoms with E-state index in [2.05, 4.69) is 19.1 Å². The molecule has 0 saturated heterocycles. The van der Waals surface area contributed by atoms with E-state index in [-0.39, 0.29) is 6.42 Å². The summed E-state index contributed by atoms with van der Waals surface area (Å²) in [6, 6.07) is 0. The van der Waals surface area contributed by atoms with Crippen molar-refractivity contribution in [2.24, 2.45) is 0 Å². The number of aliphatic hydroxyl groups excluding tert-OH is 2. The van der Waals surface area contributed by atoms with E-state index in [4.69, 9.17) is 0 Å². The monoisotopic (exact) mass is 361 g/mol. The zero-order chi connectivity index (χ0) is 19.5. The molecule has 2 atom stereocenters. The van der Waals surface area contributed by atoms with Crippen molar-refractivity contribution in [3.8, 4) is 0 Å². The lowest BCUT2D eigenvalue weighted by Crippen LogP contribution is -2.21. The Bertz CT molecular complexity index is 486. The van der Waals surface area contributed by atoms with Gasteiger partial charge in [-0.2, -0.15) is 0 Å². The molecule has 0 aromatic rings. The summed E-state index contributed by atoms with van der Waals surface area (Å²) >= 11 is 0. The number of rotatable bonds is 15. The highest BCUT2D eigenvalue weighted by molar-refractivity contribution is 5.64. The lowest BCUT2D eigenvalue weighted by Gasteiger charge is -2.05. The molecule has 0 radical (unpaired) electrons. The fourth-order valence-electron chi connectivity index (χ4n) is 2.16. The lowest BCUT2D eigenvalue weighted by molar-refractivity contribution is -0.305. The van der Waals surface area contributed by atoms with Gasteiger partial charge in [-0.15, -0.1) is 0 Å². The molecular weight excluding hydrogens is 328 g/mol. The maximum absolute atomic E-state index is 10.3. The molecule has 146 valence electrons. The maximum atomic E-state index is 10.3. The van der Waals surface area contributed by atoms with Crippen LogP contribution in [0, 0.1) is 0 Å². The zero-order valence-corrected chi connectivity index (χ0v) is 15.8. The Labute approximate surface area is 157 Å². The van der Waals surface area contributed by atoms with Crippen LogP contribution in [-0.2, 0) is 4.79 Å². The number of carbonyl (C=O) groups excluding carboxylic acids is 1. The minimum absolute atomic E-state index is 0.0819. The van der Waals surface area contributed by atoms with E-state index in [0.717, 1.165) is 25.7 Å². The molecule has 0 rings (SSSR count). The molecule has 2 N–H and O–H groups in total. The molecule has 0 unspecified atom stereocenters. The number of allylic oxidation sites excluding steroid dienone is 7. The molecule has 0 aromatic carbocycles. The zero-order valence-electron chi connectivity index (χ0n) is 15.8. The normalized spacial score (nSPS) is 15.2. The number of hydrogen-bond acceptors (Lipinski definition) is 4. The molecule has 0 aromatic heterocycles. The van der Waals surface area contributed by atoms with E-state index in [1.807, 2.05) is 12.2 Å². The first-order valence-electron chi connectivity index (χ1n) is 9.43. The molecule has 0 fully saturated rings. The van der Waals surface area contributed by atoms with Gasteiger partial charge in [0.1, 0.15) is 0 Å². The van der Waals surface area contributed by atoms with Crippen LogP contribution in [0.5, 0.6) is 0 Å². The Morgan fingerprint density at radius 2 is 1.54 bits per heavy atom. The predicted octanol–water partition coefficient (Wildman–Crippen LogP) is 3.38. The van der Waals surface area contributed by atoms with Crippen LogP contribution in [0.1, 0.15) is 58.3 Å². The molecule has 26 heavy (non-hydrogen) atoms. The molecule has 0 saturated carbocycles. The molecular formula is C22H33O4-. The van der Waals surface area contributed by atoms with Gasteiger partial charge in [0.05, 0.1) is 12.2 Å². The van der Waals surface area contributed by atoms with Crippen LogP contribution in [0.15, 0.2) is 60.8 Å². The number of carboxylic acid groups (broad SMARTS) is 1. The summed E-state index contributed by atoms with van der Waals surface area (Å²) in [4.78, 5) is 10.3. The second kappa shape index (κ2) is 17.9. The average molecular weight is 362 g/mol. The average Bonchev–Trinajstić information content (AvgIpc) is 2.60. The molecule has 0 aliphatic rings. The first kappa shape index (κ1) is 24.1. The van der Waals surface area contributed by atoms with Gasteiger partial charge in [0.2, 0.25) is 0 Å². The van der Waals surface area contributed by atoms with Crippen molar-refractivity contribution in [3.05, 3.63) is 60.8 Å². The first-order valence-corrected chi connectivity index (χ1v) is 9.43. The van der Waals surface area contributed by atoms with Gasteiger partial charge in [0.15, 0.2) is 0 Å². The molecule has 4 heteroatoms. The SMILES string of the molecule is CC/C=C\C/C=C\C[C@H](O)\C=C/C=C/C=C/[C@H](O)CCCCCC(=O)[O-]. The summed E-state index contributed by atoms with van der Waals surface area (Å²) in [5.74, 6) is -1.02. The summed E-state index contributed by atoms with van der Waals surface area (Å²) in [6.45, 7) is 2.10. The van der Waals surface area contributed by atoms with Gasteiger partial charge in [0.25, 0.3) is 0 Å².